The van der Waals surface area contributed by atoms with E-state index < -0.39 is 5.54 Å². The van der Waals surface area contributed by atoms with Gasteiger partial charge in [0.05, 0.1) is 5.52 Å². The van der Waals surface area contributed by atoms with Gasteiger partial charge in [0.1, 0.15) is 17.9 Å². The average molecular weight is 665 g/mol. The lowest BCUT2D eigenvalue weighted by atomic mass is 9.77. The molecule has 51 heavy (non-hydrogen) atoms. The summed E-state index contributed by atoms with van der Waals surface area (Å²) in [7, 11) is 0. The predicted molar refractivity (Wildman–Crippen MR) is 201 cm³/mol. The van der Waals surface area contributed by atoms with Crippen LogP contribution in [0.25, 0.3) is 33.5 Å². The minimum atomic E-state index is -0.849. The van der Waals surface area contributed by atoms with E-state index in [-0.39, 0.29) is 0 Å². The minimum absolute atomic E-state index is 0.413. The molecule has 7 heteroatoms. The molecular weight excluding hydrogens is 629 g/mol. The van der Waals surface area contributed by atoms with Gasteiger partial charge in [0.2, 0.25) is 5.82 Å². The lowest BCUT2D eigenvalue weighted by molar-refractivity contribution is 0.309. The summed E-state index contributed by atoms with van der Waals surface area (Å²) in [6, 6.07) is 51.8. The molecule has 0 radical (unpaired) electrons. The highest BCUT2D eigenvalue weighted by Gasteiger charge is 2.41. The van der Waals surface area contributed by atoms with Gasteiger partial charge in [-0.3, -0.25) is 9.97 Å². The Kier molecular flexibility index (Phi) is 8.60. The maximum Gasteiger partial charge on any atom is 0.205 e. The predicted octanol–water partition coefficient (Wildman–Crippen LogP) is 9.24. The molecule has 0 amide bonds. The van der Waals surface area contributed by atoms with Gasteiger partial charge in [0.25, 0.3) is 0 Å². The molecule has 0 aliphatic carbocycles. The van der Waals surface area contributed by atoms with Gasteiger partial charge in [0, 0.05) is 23.5 Å². The zero-order valence-electron chi connectivity index (χ0n) is 28.5. The van der Waals surface area contributed by atoms with Crippen molar-refractivity contribution in [3.8, 4) is 28.3 Å². The van der Waals surface area contributed by atoms with Crippen LogP contribution in [0.2, 0.25) is 0 Å². The van der Waals surface area contributed by atoms with E-state index >= 15 is 0 Å². The molecule has 3 heterocycles. The molecular formula is C44H36N6O. The van der Waals surface area contributed by atoms with Crippen LogP contribution in [0.3, 0.4) is 0 Å². The Morgan fingerprint density at radius 3 is 1.84 bits per heavy atom. The largest absolute Gasteiger partial charge is 0.486 e. The molecule has 5 aromatic carbocycles. The van der Waals surface area contributed by atoms with Crippen LogP contribution < -0.4 is 4.74 Å². The third kappa shape index (κ3) is 5.93. The molecule has 0 spiro atoms. The fourth-order valence-electron chi connectivity index (χ4n) is 6.78. The monoisotopic (exact) mass is 664 g/mol. The summed E-state index contributed by atoms with van der Waals surface area (Å²) in [6.45, 7) is 4.57. The quantitative estimate of drug-likeness (QED) is 0.136. The van der Waals surface area contributed by atoms with Crippen molar-refractivity contribution in [1.82, 2.24) is 30.2 Å². The Hall–Kier alpha value is -6.47. The number of pyridine rings is 2. The second kappa shape index (κ2) is 13.8. The van der Waals surface area contributed by atoms with Crippen molar-refractivity contribution in [2.24, 2.45) is 0 Å². The summed E-state index contributed by atoms with van der Waals surface area (Å²) in [5.41, 5.74) is 10.0. The summed E-state index contributed by atoms with van der Waals surface area (Å²) in [4.78, 5) is 11.1. The molecule has 248 valence electrons. The van der Waals surface area contributed by atoms with Gasteiger partial charge in [0.15, 0.2) is 5.54 Å². The van der Waals surface area contributed by atoms with Gasteiger partial charge < -0.3 is 4.74 Å². The third-order valence-corrected chi connectivity index (χ3v) is 9.39. The fourth-order valence-corrected chi connectivity index (χ4v) is 6.78. The molecule has 7 nitrogen and oxygen atoms in total. The van der Waals surface area contributed by atoms with E-state index in [4.69, 9.17) is 25.1 Å². The summed E-state index contributed by atoms with van der Waals surface area (Å²) in [5.74, 6) is 1.30. The molecule has 0 aliphatic rings. The fraction of sp³-hybridized carbons (Fsp3) is 0.114. The van der Waals surface area contributed by atoms with E-state index in [0.29, 0.717) is 12.4 Å². The first-order chi connectivity index (χ1) is 25.1. The lowest BCUT2D eigenvalue weighted by Crippen LogP contribution is -2.39. The number of aryl methyl sites for hydroxylation is 2. The van der Waals surface area contributed by atoms with Gasteiger partial charge in [-0.2, -0.15) is 0 Å². The summed E-state index contributed by atoms with van der Waals surface area (Å²) < 4.78 is 6.35. The van der Waals surface area contributed by atoms with Crippen LogP contribution in [0.15, 0.2) is 158 Å². The maximum atomic E-state index is 6.35. The minimum Gasteiger partial charge on any atom is -0.486 e. The van der Waals surface area contributed by atoms with Crippen molar-refractivity contribution < 1.29 is 4.74 Å². The molecule has 0 N–H and O–H groups in total. The van der Waals surface area contributed by atoms with Crippen molar-refractivity contribution in [1.29, 1.82) is 0 Å². The molecule has 0 saturated heterocycles. The number of hydrogen-bond donors (Lipinski definition) is 0. The zero-order valence-corrected chi connectivity index (χ0v) is 28.5. The van der Waals surface area contributed by atoms with Crippen molar-refractivity contribution in [3.05, 3.63) is 191 Å². The maximum absolute atomic E-state index is 6.35. The summed E-state index contributed by atoms with van der Waals surface area (Å²) in [6.07, 6.45) is 2.63. The first-order valence-electron chi connectivity index (χ1n) is 17.2. The van der Waals surface area contributed by atoms with Crippen LogP contribution in [0.5, 0.6) is 5.75 Å². The van der Waals surface area contributed by atoms with Crippen molar-refractivity contribution in [3.63, 3.8) is 0 Å². The molecule has 8 aromatic rings. The van der Waals surface area contributed by atoms with Crippen LogP contribution in [0.4, 0.5) is 0 Å². The van der Waals surface area contributed by atoms with Gasteiger partial charge in [-0.25, -0.2) is 0 Å². The van der Waals surface area contributed by atoms with Crippen molar-refractivity contribution >= 4 is 11.0 Å². The Morgan fingerprint density at radius 2 is 1.24 bits per heavy atom. The number of ether oxygens (including phenoxy) is 1. The third-order valence-electron chi connectivity index (χ3n) is 9.39. The topological polar surface area (TPSA) is 78.6 Å². The van der Waals surface area contributed by atoms with Crippen LogP contribution in [0.1, 0.15) is 40.4 Å². The normalized spacial score (nSPS) is 11.5. The number of aromatic nitrogens is 6. The molecule has 0 unspecified atom stereocenters. The van der Waals surface area contributed by atoms with Gasteiger partial charge >= 0.3 is 0 Å². The highest BCUT2D eigenvalue weighted by Crippen LogP contribution is 2.40. The highest BCUT2D eigenvalue weighted by molar-refractivity contribution is 5.84. The zero-order chi connectivity index (χ0) is 34.6. The van der Waals surface area contributed by atoms with Gasteiger partial charge in [-0.15, -0.1) is 15.0 Å². The van der Waals surface area contributed by atoms with Crippen LogP contribution >= 0.6 is 0 Å². The average Bonchev–Trinajstić information content (AvgIpc) is 3.69. The van der Waals surface area contributed by atoms with Gasteiger partial charge in [-0.1, -0.05) is 146 Å². The number of benzene rings is 5. The number of tetrazole rings is 1. The Balaban J connectivity index is 1.14. The molecule has 3 aromatic heterocycles. The van der Waals surface area contributed by atoms with E-state index in [1.54, 1.807) is 4.80 Å². The molecule has 0 bridgehead atoms. The highest BCUT2D eigenvalue weighted by atomic mass is 16.5. The Labute approximate surface area is 297 Å². The first-order valence-corrected chi connectivity index (χ1v) is 17.2. The van der Waals surface area contributed by atoms with E-state index in [1.165, 1.54) is 0 Å². The van der Waals surface area contributed by atoms with Gasteiger partial charge in [-0.05, 0) is 63.6 Å². The number of hydrogen-bond acceptors (Lipinski definition) is 6. The SMILES string of the molecule is CCc1cc(OCc2ccc(-c3ccccc3-c3nnn(C(c4ccccc4)(c4ccccc4)c4ccccc4)n3)cc2)c2nccc(C)c2n1. The van der Waals surface area contributed by atoms with E-state index in [2.05, 4.69) is 128 Å². The van der Waals surface area contributed by atoms with Crippen molar-refractivity contribution in [2.75, 3.05) is 0 Å². The smallest absolute Gasteiger partial charge is 0.205 e. The Morgan fingerprint density at radius 1 is 0.647 bits per heavy atom. The molecule has 0 aliphatic heterocycles. The Bertz CT molecular complexity index is 2310. The van der Waals surface area contributed by atoms with E-state index in [0.717, 1.165) is 73.4 Å². The van der Waals surface area contributed by atoms with Crippen molar-refractivity contribution in [2.45, 2.75) is 32.4 Å². The summed E-state index contributed by atoms with van der Waals surface area (Å²) in [5, 5.41) is 14.6. The number of rotatable bonds is 10. The molecule has 8 rings (SSSR count). The lowest BCUT2D eigenvalue weighted by Gasteiger charge is -2.34. The summed E-state index contributed by atoms with van der Waals surface area (Å²) >= 11 is 0. The standard InChI is InChI=1S/C44H36N6O/c1-3-37-29-40(42-41(46-37)31(2)27-28-45-42)51-30-32-23-25-33(26-24-32)38-21-13-14-22-39(38)43-47-49-50(48-43)44(34-15-7-4-8-16-34,35-17-9-5-10-18-35)36-19-11-6-12-20-36/h4-29H,3,30H2,1-2H3. The van der Waals surface area contributed by atoms with E-state index in [9.17, 15) is 0 Å². The second-order valence-corrected chi connectivity index (χ2v) is 12.5. The first kappa shape index (κ1) is 31.8. The molecule has 0 atom stereocenters. The van der Waals surface area contributed by atoms with Crippen LogP contribution in [-0.2, 0) is 18.6 Å². The van der Waals surface area contributed by atoms with Crippen LogP contribution in [-0.4, -0.2) is 30.2 Å². The van der Waals surface area contributed by atoms with E-state index in [1.807, 2.05) is 48.7 Å². The van der Waals surface area contributed by atoms with Crippen LogP contribution in [0, 0.1) is 6.92 Å². The number of nitrogens with zero attached hydrogens (tertiary/aromatic N) is 6. The molecule has 0 saturated carbocycles. The number of fused-ring (bicyclic) bond motifs is 1. The molecule has 0 fully saturated rings. The second-order valence-electron chi connectivity index (χ2n) is 12.5.